The van der Waals surface area contributed by atoms with Crippen molar-refractivity contribution in [3.8, 4) is 0 Å². The quantitative estimate of drug-likeness (QED) is 0.554. The number of halogens is 1. The molecule has 1 aliphatic heterocycles. The lowest BCUT2D eigenvalue weighted by Crippen LogP contribution is -2.42. The van der Waals surface area contributed by atoms with Crippen LogP contribution in [0.4, 0.5) is 0 Å². The highest BCUT2D eigenvalue weighted by Crippen LogP contribution is 2.29. The Morgan fingerprint density at radius 2 is 2.40 bits per heavy atom. The SMILES string of the molecule is Cl.N=C(N)N1CCCCC1c1cnno1. The number of nitrogens with zero attached hydrogens (tertiary/aromatic N) is 3. The second-order valence-electron chi connectivity index (χ2n) is 3.41. The average Bonchev–Trinajstić information content (AvgIpc) is 2.70. The van der Waals surface area contributed by atoms with Gasteiger partial charge in [-0.15, -0.1) is 17.5 Å². The maximum absolute atomic E-state index is 7.44. The van der Waals surface area contributed by atoms with Gasteiger partial charge in [-0.3, -0.25) is 5.41 Å². The van der Waals surface area contributed by atoms with Gasteiger partial charge in [0.15, 0.2) is 11.7 Å². The van der Waals surface area contributed by atoms with E-state index in [2.05, 4.69) is 10.4 Å². The van der Waals surface area contributed by atoms with Gasteiger partial charge < -0.3 is 15.2 Å². The standard InChI is InChI=1S/C8H13N5O.ClH/c9-8(10)13-4-2-1-3-6(13)7-5-11-12-14-7;/h5-6H,1-4H2,(H3,9,10);1H. The summed E-state index contributed by atoms with van der Waals surface area (Å²) in [6.45, 7) is 0.806. The molecule has 0 radical (unpaired) electrons. The van der Waals surface area contributed by atoms with Crippen molar-refractivity contribution in [3.05, 3.63) is 12.0 Å². The van der Waals surface area contributed by atoms with Gasteiger partial charge in [0.1, 0.15) is 0 Å². The zero-order valence-corrected chi connectivity index (χ0v) is 9.04. The van der Waals surface area contributed by atoms with Crippen molar-refractivity contribution in [3.63, 3.8) is 0 Å². The summed E-state index contributed by atoms with van der Waals surface area (Å²) >= 11 is 0. The Bertz CT molecular complexity index is 315. The number of nitrogens with one attached hydrogen (secondary N) is 1. The number of hydrogen-bond acceptors (Lipinski definition) is 4. The lowest BCUT2D eigenvalue weighted by Gasteiger charge is -2.33. The molecule has 1 atom stereocenters. The fourth-order valence-corrected chi connectivity index (χ4v) is 1.84. The van der Waals surface area contributed by atoms with E-state index in [4.69, 9.17) is 15.7 Å². The molecule has 0 aliphatic carbocycles. The van der Waals surface area contributed by atoms with Gasteiger partial charge in [-0.05, 0) is 19.3 Å². The maximum atomic E-state index is 7.44. The Balaban J connectivity index is 0.00000112. The summed E-state index contributed by atoms with van der Waals surface area (Å²) in [6, 6.07) is 0.0382. The van der Waals surface area contributed by atoms with Crippen LogP contribution in [0.5, 0.6) is 0 Å². The van der Waals surface area contributed by atoms with Crippen LogP contribution in [0.15, 0.2) is 10.7 Å². The van der Waals surface area contributed by atoms with E-state index in [1.165, 1.54) is 0 Å². The number of rotatable bonds is 1. The van der Waals surface area contributed by atoms with Crippen LogP contribution in [0.1, 0.15) is 31.1 Å². The van der Waals surface area contributed by atoms with E-state index in [-0.39, 0.29) is 24.4 Å². The molecule has 1 aromatic rings. The van der Waals surface area contributed by atoms with Gasteiger partial charge in [-0.1, -0.05) is 0 Å². The Labute approximate surface area is 93.7 Å². The predicted molar refractivity (Wildman–Crippen MR) is 56.8 cm³/mol. The molecular weight excluding hydrogens is 218 g/mol. The summed E-state index contributed by atoms with van der Waals surface area (Å²) in [6.07, 6.45) is 4.72. The smallest absolute Gasteiger partial charge is 0.189 e. The van der Waals surface area contributed by atoms with E-state index in [0.29, 0.717) is 5.76 Å². The second-order valence-corrected chi connectivity index (χ2v) is 3.41. The summed E-state index contributed by atoms with van der Waals surface area (Å²) in [5.41, 5.74) is 5.49. The first-order valence-corrected chi connectivity index (χ1v) is 4.67. The van der Waals surface area contributed by atoms with Crippen LogP contribution < -0.4 is 5.73 Å². The molecule has 1 saturated heterocycles. The Morgan fingerprint density at radius 3 is 3.00 bits per heavy atom. The van der Waals surface area contributed by atoms with E-state index >= 15 is 0 Å². The molecule has 0 spiro atoms. The molecule has 3 N–H and O–H groups in total. The first-order valence-electron chi connectivity index (χ1n) is 4.67. The topological polar surface area (TPSA) is 92.0 Å². The zero-order valence-electron chi connectivity index (χ0n) is 8.22. The highest BCUT2D eigenvalue weighted by Gasteiger charge is 2.27. The summed E-state index contributed by atoms with van der Waals surface area (Å²) in [4.78, 5) is 1.83. The summed E-state index contributed by atoms with van der Waals surface area (Å²) in [7, 11) is 0. The van der Waals surface area contributed by atoms with Gasteiger partial charge in [0.2, 0.25) is 0 Å². The number of likely N-dealkylation sites (tertiary alicyclic amines) is 1. The van der Waals surface area contributed by atoms with Gasteiger partial charge in [0.25, 0.3) is 0 Å². The first-order chi connectivity index (χ1) is 6.79. The lowest BCUT2D eigenvalue weighted by atomic mass is 10.0. The third kappa shape index (κ3) is 2.38. The van der Waals surface area contributed by atoms with Crippen molar-refractivity contribution in [1.29, 1.82) is 5.41 Å². The zero-order chi connectivity index (χ0) is 9.97. The van der Waals surface area contributed by atoms with Crippen LogP contribution >= 0.6 is 12.4 Å². The van der Waals surface area contributed by atoms with Crippen molar-refractivity contribution in [2.45, 2.75) is 25.3 Å². The van der Waals surface area contributed by atoms with Crippen LogP contribution in [0.2, 0.25) is 0 Å². The van der Waals surface area contributed by atoms with E-state index in [9.17, 15) is 0 Å². The van der Waals surface area contributed by atoms with Crippen molar-refractivity contribution < 1.29 is 4.52 Å². The number of aromatic nitrogens is 2. The average molecular weight is 232 g/mol. The summed E-state index contributed by atoms with van der Waals surface area (Å²) in [5.74, 6) is 0.783. The molecule has 0 saturated carbocycles. The van der Waals surface area contributed by atoms with Gasteiger partial charge >= 0.3 is 0 Å². The fourth-order valence-electron chi connectivity index (χ4n) is 1.84. The molecule has 1 aliphatic rings. The van der Waals surface area contributed by atoms with E-state index in [0.717, 1.165) is 25.8 Å². The molecule has 0 aromatic carbocycles. The van der Waals surface area contributed by atoms with Crippen molar-refractivity contribution in [2.75, 3.05) is 6.54 Å². The van der Waals surface area contributed by atoms with E-state index < -0.39 is 0 Å². The molecule has 0 bridgehead atoms. The number of hydrogen-bond donors (Lipinski definition) is 2. The molecule has 0 amide bonds. The number of nitrogens with two attached hydrogens (primary N) is 1. The third-order valence-corrected chi connectivity index (χ3v) is 2.52. The second kappa shape index (κ2) is 4.97. The number of piperidine rings is 1. The molecule has 2 heterocycles. The van der Waals surface area contributed by atoms with Gasteiger partial charge in [-0.25, -0.2) is 0 Å². The largest absolute Gasteiger partial charge is 0.370 e. The van der Waals surface area contributed by atoms with Gasteiger partial charge in [0.05, 0.1) is 12.2 Å². The van der Waals surface area contributed by atoms with Crippen LogP contribution in [0.3, 0.4) is 0 Å². The number of guanidine groups is 1. The molecule has 15 heavy (non-hydrogen) atoms. The molecule has 1 aromatic heterocycles. The van der Waals surface area contributed by atoms with Gasteiger partial charge in [0, 0.05) is 11.8 Å². The lowest BCUT2D eigenvalue weighted by molar-refractivity contribution is 0.196. The fraction of sp³-hybridized carbons (Fsp3) is 0.625. The minimum absolute atomic E-state index is 0. The molecule has 1 fully saturated rings. The Morgan fingerprint density at radius 1 is 1.60 bits per heavy atom. The molecule has 1 unspecified atom stereocenters. The molecule has 7 heteroatoms. The molecule has 84 valence electrons. The van der Waals surface area contributed by atoms with Crippen molar-refractivity contribution >= 4 is 18.4 Å². The maximum Gasteiger partial charge on any atom is 0.189 e. The minimum atomic E-state index is 0. The molecular formula is C8H14ClN5O. The summed E-state index contributed by atoms with van der Waals surface area (Å²) in [5, 5.41) is 14.5. The first kappa shape index (κ1) is 11.8. The molecule has 2 rings (SSSR count). The van der Waals surface area contributed by atoms with Crippen molar-refractivity contribution in [2.24, 2.45) is 5.73 Å². The van der Waals surface area contributed by atoms with Crippen LogP contribution in [-0.2, 0) is 0 Å². The normalized spacial score (nSPS) is 20.8. The summed E-state index contributed by atoms with van der Waals surface area (Å²) < 4.78 is 5.00. The minimum Gasteiger partial charge on any atom is -0.370 e. The third-order valence-electron chi connectivity index (χ3n) is 2.52. The van der Waals surface area contributed by atoms with Crippen molar-refractivity contribution in [1.82, 2.24) is 15.3 Å². The molecule has 6 nitrogen and oxygen atoms in total. The highest BCUT2D eigenvalue weighted by molar-refractivity contribution is 5.85. The Kier molecular flexibility index (Phi) is 3.90. The Hall–Kier alpha value is -1.30. The van der Waals surface area contributed by atoms with E-state index in [1.54, 1.807) is 6.20 Å². The van der Waals surface area contributed by atoms with Crippen LogP contribution in [0, 0.1) is 5.41 Å². The van der Waals surface area contributed by atoms with Crippen LogP contribution in [0.25, 0.3) is 0 Å². The van der Waals surface area contributed by atoms with Gasteiger partial charge in [-0.2, -0.15) is 0 Å². The highest BCUT2D eigenvalue weighted by atomic mass is 35.5. The predicted octanol–water partition coefficient (Wildman–Crippen LogP) is 0.912. The van der Waals surface area contributed by atoms with Crippen LogP contribution in [-0.4, -0.2) is 27.8 Å². The monoisotopic (exact) mass is 231 g/mol. The van der Waals surface area contributed by atoms with E-state index in [1.807, 2.05) is 4.90 Å².